The van der Waals surface area contributed by atoms with E-state index in [4.69, 9.17) is 0 Å². The van der Waals surface area contributed by atoms with Gasteiger partial charge in [-0.15, -0.1) is 8.78 Å². The van der Waals surface area contributed by atoms with Crippen LogP contribution in [0.3, 0.4) is 0 Å². The number of hydrogen-bond acceptors (Lipinski definition) is 0. The van der Waals surface area contributed by atoms with Crippen LogP contribution >= 0.6 is 0 Å². The van der Waals surface area contributed by atoms with E-state index < -0.39 is 67.5 Å². The van der Waals surface area contributed by atoms with Crippen molar-refractivity contribution in [3.05, 3.63) is 0 Å². The van der Waals surface area contributed by atoms with Gasteiger partial charge in [0.1, 0.15) is 25.1 Å². The first-order valence-corrected chi connectivity index (χ1v) is 6.36. The highest BCUT2D eigenvalue weighted by atomic mass is 19.4. The van der Waals surface area contributed by atoms with Crippen LogP contribution in [0.15, 0.2) is 0 Å². The molecule has 23 heavy (non-hydrogen) atoms. The SMILES string of the molecule is CC(F)C(F)CCC(F)C(F)C[NH2+]C(F)(F)C(F)(F)C(F)(F)F. The first-order valence-electron chi connectivity index (χ1n) is 6.36. The Morgan fingerprint density at radius 3 is 1.57 bits per heavy atom. The van der Waals surface area contributed by atoms with Gasteiger partial charge in [0.05, 0.1) is 0 Å². The lowest BCUT2D eigenvalue weighted by Crippen LogP contribution is -3.00. The molecular formula is C11H15F11N+. The molecule has 0 aliphatic heterocycles. The molecule has 2 N–H and O–H groups in total. The van der Waals surface area contributed by atoms with Gasteiger partial charge in [0, 0.05) is 0 Å². The second kappa shape index (κ2) is 7.84. The Labute approximate surface area is 124 Å². The Hall–Kier alpha value is -0.810. The van der Waals surface area contributed by atoms with E-state index in [0.29, 0.717) is 0 Å². The normalized spacial score (nSPS) is 19.3. The lowest BCUT2D eigenvalue weighted by Gasteiger charge is -2.26. The second-order valence-corrected chi connectivity index (χ2v) is 4.94. The summed E-state index contributed by atoms with van der Waals surface area (Å²) in [6, 6.07) is -5.74. The standard InChI is InChI=1S/C11H14F11N/c1-5(12)6(13)2-3-7(14)8(15)4-23-11(21,22)9(16,17)10(18,19)20/h5-8,23H,2-4H2,1H3/p+1. The van der Waals surface area contributed by atoms with Gasteiger partial charge in [-0.1, -0.05) is 0 Å². The van der Waals surface area contributed by atoms with E-state index in [-0.39, 0.29) is 0 Å². The molecule has 0 heterocycles. The van der Waals surface area contributed by atoms with Crippen LogP contribution in [0.4, 0.5) is 48.3 Å². The molecule has 0 aliphatic rings. The lowest BCUT2D eigenvalue weighted by molar-refractivity contribution is -0.812. The molecule has 1 nitrogen and oxygen atoms in total. The van der Waals surface area contributed by atoms with Crippen molar-refractivity contribution < 1.29 is 53.6 Å². The summed E-state index contributed by atoms with van der Waals surface area (Å²) in [6.07, 6.45) is -17.9. The summed E-state index contributed by atoms with van der Waals surface area (Å²) >= 11 is 0. The molecule has 0 spiro atoms. The van der Waals surface area contributed by atoms with Crippen LogP contribution in [0.25, 0.3) is 0 Å². The van der Waals surface area contributed by atoms with Crippen LogP contribution in [-0.4, -0.2) is 49.4 Å². The minimum absolute atomic E-state index is 0.797. The number of quaternary nitrogens is 1. The highest BCUT2D eigenvalue weighted by Gasteiger charge is 2.76. The number of halogens is 11. The fraction of sp³-hybridized carbons (Fsp3) is 1.00. The van der Waals surface area contributed by atoms with Crippen molar-refractivity contribution in [2.45, 2.75) is 62.6 Å². The molecular weight excluding hydrogens is 355 g/mol. The minimum Gasteiger partial charge on any atom is -0.277 e. The first-order chi connectivity index (χ1) is 10.1. The van der Waals surface area contributed by atoms with E-state index in [0.717, 1.165) is 6.92 Å². The van der Waals surface area contributed by atoms with Crippen molar-refractivity contribution in [3.63, 3.8) is 0 Å². The van der Waals surface area contributed by atoms with Crippen LogP contribution in [-0.2, 0) is 0 Å². The molecule has 0 radical (unpaired) electrons. The fourth-order valence-electron chi connectivity index (χ4n) is 1.45. The highest BCUT2D eigenvalue weighted by Crippen LogP contribution is 2.43. The lowest BCUT2D eigenvalue weighted by atomic mass is 10.1. The average molecular weight is 370 g/mol. The highest BCUT2D eigenvalue weighted by molar-refractivity contribution is 4.83. The Kier molecular flexibility index (Phi) is 7.57. The third kappa shape index (κ3) is 5.96. The molecule has 0 aromatic carbocycles. The summed E-state index contributed by atoms with van der Waals surface area (Å²) in [5.41, 5.74) is 0. The van der Waals surface area contributed by atoms with Gasteiger partial charge in [-0.25, -0.2) is 17.6 Å². The van der Waals surface area contributed by atoms with Crippen molar-refractivity contribution >= 4 is 0 Å². The molecule has 0 saturated heterocycles. The average Bonchev–Trinajstić information content (AvgIpc) is 2.39. The first kappa shape index (κ1) is 22.2. The smallest absolute Gasteiger partial charge is 0.277 e. The molecule has 4 unspecified atom stereocenters. The monoisotopic (exact) mass is 370 g/mol. The predicted octanol–water partition coefficient (Wildman–Crippen LogP) is 3.49. The van der Waals surface area contributed by atoms with E-state index in [1.807, 2.05) is 0 Å². The van der Waals surface area contributed by atoms with Gasteiger partial charge in [0.25, 0.3) is 0 Å². The van der Waals surface area contributed by atoms with Gasteiger partial charge < -0.3 is 0 Å². The molecule has 4 atom stereocenters. The van der Waals surface area contributed by atoms with E-state index >= 15 is 0 Å². The Bertz CT molecular complexity index is 354. The largest absolute Gasteiger partial charge is 0.467 e. The fourth-order valence-corrected chi connectivity index (χ4v) is 1.45. The summed E-state index contributed by atoms with van der Waals surface area (Å²) < 4.78 is 138. The quantitative estimate of drug-likeness (QED) is 0.473. The molecule has 140 valence electrons. The maximum absolute atomic E-state index is 13.2. The van der Waals surface area contributed by atoms with Gasteiger partial charge >= 0.3 is 18.1 Å². The summed E-state index contributed by atoms with van der Waals surface area (Å²) in [4.78, 5) is 0. The molecule has 0 fully saturated rings. The molecule has 0 rings (SSSR count). The number of alkyl halides is 11. The van der Waals surface area contributed by atoms with Gasteiger partial charge in [-0.2, -0.15) is 22.0 Å². The zero-order valence-corrected chi connectivity index (χ0v) is 11.7. The molecule has 0 saturated carbocycles. The number of rotatable bonds is 9. The maximum Gasteiger partial charge on any atom is 0.467 e. The van der Waals surface area contributed by atoms with Gasteiger partial charge in [0.15, 0.2) is 6.17 Å². The Morgan fingerprint density at radius 1 is 0.739 bits per heavy atom. The van der Waals surface area contributed by atoms with Crippen molar-refractivity contribution in [1.82, 2.24) is 0 Å². The number of hydrogen-bond donors (Lipinski definition) is 1. The molecule has 0 amide bonds. The summed E-state index contributed by atoms with van der Waals surface area (Å²) in [6.45, 7) is -0.944. The topological polar surface area (TPSA) is 16.6 Å². The zero-order valence-electron chi connectivity index (χ0n) is 11.7. The van der Waals surface area contributed by atoms with Crippen LogP contribution in [0.1, 0.15) is 19.8 Å². The van der Waals surface area contributed by atoms with E-state index in [2.05, 4.69) is 0 Å². The van der Waals surface area contributed by atoms with Gasteiger partial charge in [0.2, 0.25) is 0 Å². The van der Waals surface area contributed by atoms with Gasteiger partial charge in [-0.3, -0.25) is 5.32 Å². The molecule has 0 aromatic rings. The van der Waals surface area contributed by atoms with Gasteiger partial charge in [-0.05, 0) is 19.8 Å². The van der Waals surface area contributed by atoms with Crippen molar-refractivity contribution in [2.75, 3.05) is 6.54 Å². The third-order valence-electron chi connectivity index (χ3n) is 2.98. The summed E-state index contributed by atoms with van der Waals surface area (Å²) in [5, 5.41) is -0.970. The minimum atomic E-state index is -6.58. The summed E-state index contributed by atoms with van der Waals surface area (Å²) in [7, 11) is 0. The third-order valence-corrected chi connectivity index (χ3v) is 2.98. The molecule has 0 aromatic heterocycles. The zero-order chi connectivity index (χ0) is 18.6. The predicted molar refractivity (Wildman–Crippen MR) is 57.2 cm³/mol. The van der Waals surface area contributed by atoms with Crippen molar-refractivity contribution in [2.24, 2.45) is 0 Å². The number of nitrogens with two attached hydrogens (primary N) is 1. The van der Waals surface area contributed by atoms with Crippen LogP contribution < -0.4 is 5.32 Å². The van der Waals surface area contributed by atoms with Crippen LogP contribution in [0, 0.1) is 0 Å². The van der Waals surface area contributed by atoms with Crippen molar-refractivity contribution in [1.29, 1.82) is 0 Å². The maximum atomic E-state index is 13.2. The molecule has 12 heteroatoms. The van der Waals surface area contributed by atoms with Crippen LogP contribution in [0.5, 0.6) is 0 Å². The van der Waals surface area contributed by atoms with Crippen molar-refractivity contribution in [3.8, 4) is 0 Å². The van der Waals surface area contributed by atoms with E-state index in [9.17, 15) is 48.3 Å². The molecule has 0 aliphatic carbocycles. The molecule has 0 bridgehead atoms. The summed E-state index contributed by atoms with van der Waals surface area (Å²) in [5.74, 6) is -6.45. The van der Waals surface area contributed by atoms with Crippen LogP contribution in [0.2, 0.25) is 0 Å². The Morgan fingerprint density at radius 2 is 1.17 bits per heavy atom. The van der Waals surface area contributed by atoms with E-state index in [1.165, 1.54) is 0 Å². The van der Waals surface area contributed by atoms with E-state index in [1.54, 1.807) is 0 Å². The second-order valence-electron chi connectivity index (χ2n) is 4.94. The Balaban J connectivity index is 4.54.